The number of likely N-dealkylation sites (tertiary alicyclic amines) is 1. The molecule has 0 aromatic carbocycles. The monoisotopic (exact) mass is 383 g/mol. The van der Waals surface area contributed by atoms with Gasteiger partial charge in [-0.15, -0.1) is 11.3 Å². The van der Waals surface area contributed by atoms with E-state index in [2.05, 4.69) is 14.8 Å². The van der Waals surface area contributed by atoms with E-state index in [-0.39, 0.29) is 0 Å². The van der Waals surface area contributed by atoms with Crippen molar-refractivity contribution in [3.63, 3.8) is 0 Å². The van der Waals surface area contributed by atoms with Gasteiger partial charge in [0, 0.05) is 50.2 Å². The third kappa shape index (κ3) is 3.63. The van der Waals surface area contributed by atoms with Crippen LogP contribution >= 0.6 is 11.3 Å². The van der Waals surface area contributed by atoms with E-state index in [1.807, 2.05) is 6.20 Å². The quantitative estimate of drug-likeness (QED) is 0.801. The van der Waals surface area contributed by atoms with Crippen LogP contribution in [0.25, 0.3) is 0 Å². The number of ether oxygens (including phenoxy) is 2. The van der Waals surface area contributed by atoms with Gasteiger partial charge in [-0.2, -0.15) is 0 Å². The zero-order valence-electron chi connectivity index (χ0n) is 15.4. The Hall–Kier alpha value is -0.770. The van der Waals surface area contributed by atoms with E-state index < -0.39 is 17.3 Å². The summed E-state index contributed by atoms with van der Waals surface area (Å²) < 4.78 is 11.4. The normalized spacial score (nSPS) is 32.9. The van der Waals surface area contributed by atoms with Crippen LogP contribution < -0.4 is 4.90 Å². The number of piperidine rings is 1. The van der Waals surface area contributed by atoms with Crippen molar-refractivity contribution in [1.29, 1.82) is 0 Å². The van der Waals surface area contributed by atoms with Crippen molar-refractivity contribution < 1.29 is 19.7 Å². The van der Waals surface area contributed by atoms with Crippen molar-refractivity contribution >= 4 is 16.5 Å². The molecule has 1 aromatic rings. The average molecular weight is 384 g/mol. The minimum Gasteiger partial charge on any atom is -0.387 e. The maximum Gasteiger partial charge on any atom is 0.185 e. The van der Waals surface area contributed by atoms with Crippen LogP contribution in [-0.2, 0) is 16.0 Å². The lowest BCUT2D eigenvalue weighted by molar-refractivity contribution is -0.246. The fraction of sp³-hybridized carbons (Fsp3) is 0.833. The molecule has 4 rings (SSSR count). The number of nitrogens with zero attached hydrogens (tertiary/aromatic N) is 3. The number of rotatable bonds is 3. The van der Waals surface area contributed by atoms with Gasteiger partial charge in [0.2, 0.25) is 0 Å². The maximum atomic E-state index is 10.6. The lowest BCUT2D eigenvalue weighted by Crippen LogP contribution is -2.64. The molecule has 0 aliphatic carbocycles. The Morgan fingerprint density at radius 1 is 1.19 bits per heavy atom. The second-order valence-corrected chi connectivity index (χ2v) is 9.00. The van der Waals surface area contributed by atoms with Crippen molar-refractivity contribution in [2.75, 3.05) is 50.9 Å². The predicted molar refractivity (Wildman–Crippen MR) is 99.6 cm³/mol. The summed E-state index contributed by atoms with van der Waals surface area (Å²) in [5, 5.41) is 22.1. The highest BCUT2D eigenvalue weighted by Crippen LogP contribution is 2.40. The molecule has 0 amide bonds. The van der Waals surface area contributed by atoms with Crippen LogP contribution in [0.1, 0.15) is 31.1 Å². The second-order valence-electron chi connectivity index (χ2n) is 7.91. The van der Waals surface area contributed by atoms with Gasteiger partial charge in [-0.1, -0.05) is 0 Å². The highest BCUT2D eigenvalue weighted by molar-refractivity contribution is 7.15. The lowest BCUT2D eigenvalue weighted by Gasteiger charge is -2.51. The molecule has 0 saturated carbocycles. The molecule has 8 heteroatoms. The molecular weight excluding hydrogens is 354 g/mol. The van der Waals surface area contributed by atoms with E-state index in [1.54, 1.807) is 18.3 Å². The SMILES string of the molecule is C[C@@]1(O)CCOC2(CCN(Cc3cnc(N4CCOCC4)s3)CC2)[C@H]1O. The van der Waals surface area contributed by atoms with Crippen LogP contribution in [-0.4, -0.2) is 83.4 Å². The van der Waals surface area contributed by atoms with Gasteiger partial charge < -0.3 is 24.6 Å². The average Bonchev–Trinajstić information content (AvgIpc) is 3.11. The van der Waals surface area contributed by atoms with Crippen molar-refractivity contribution in [2.45, 2.75) is 50.0 Å². The number of aliphatic hydroxyl groups excluding tert-OH is 1. The zero-order chi connectivity index (χ0) is 18.2. The standard InChI is InChI=1S/C18H29N3O4S/c1-17(23)4-9-25-18(15(17)22)2-5-20(6-3-18)13-14-12-19-16(26-14)21-7-10-24-11-8-21/h12,15,22-23H,2-11,13H2,1H3/t15-,17+/m0/s1. The van der Waals surface area contributed by atoms with Gasteiger partial charge in [0.1, 0.15) is 6.10 Å². The van der Waals surface area contributed by atoms with Crippen molar-refractivity contribution in [1.82, 2.24) is 9.88 Å². The molecule has 1 aromatic heterocycles. The molecule has 0 radical (unpaired) electrons. The van der Waals surface area contributed by atoms with Gasteiger partial charge in [0.05, 0.1) is 31.0 Å². The van der Waals surface area contributed by atoms with Crippen molar-refractivity contribution in [2.24, 2.45) is 0 Å². The first kappa shape index (κ1) is 18.6. The lowest BCUT2D eigenvalue weighted by atomic mass is 9.75. The summed E-state index contributed by atoms with van der Waals surface area (Å²) in [4.78, 5) is 10.5. The summed E-state index contributed by atoms with van der Waals surface area (Å²) in [6, 6.07) is 0. The summed E-state index contributed by atoms with van der Waals surface area (Å²) in [6.45, 7) is 8.20. The largest absolute Gasteiger partial charge is 0.387 e. The van der Waals surface area contributed by atoms with Gasteiger partial charge in [-0.25, -0.2) is 4.98 Å². The third-order valence-corrected chi connectivity index (χ3v) is 7.03. The molecule has 2 atom stereocenters. The predicted octanol–water partition coefficient (Wildman–Crippen LogP) is 0.846. The summed E-state index contributed by atoms with van der Waals surface area (Å²) in [5.41, 5.74) is -1.64. The number of aliphatic hydroxyl groups is 2. The highest BCUT2D eigenvalue weighted by atomic mass is 32.1. The van der Waals surface area contributed by atoms with Crippen LogP contribution in [0.4, 0.5) is 5.13 Å². The number of aromatic nitrogens is 1. The second kappa shape index (κ2) is 7.33. The molecule has 0 unspecified atom stereocenters. The Balaban J connectivity index is 1.33. The minimum absolute atomic E-state index is 0.491. The molecule has 4 heterocycles. The van der Waals surface area contributed by atoms with E-state index in [0.29, 0.717) is 13.0 Å². The topological polar surface area (TPSA) is 78.3 Å². The molecule has 1 spiro atoms. The summed E-state index contributed by atoms with van der Waals surface area (Å²) in [7, 11) is 0. The number of thiazole rings is 1. The molecule has 3 fully saturated rings. The number of morpholine rings is 1. The Kier molecular flexibility index (Phi) is 5.24. The molecule has 3 aliphatic rings. The first-order chi connectivity index (χ1) is 12.5. The van der Waals surface area contributed by atoms with Gasteiger partial charge in [0.15, 0.2) is 5.13 Å². The van der Waals surface area contributed by atoms with Gasteiger partial charge in [0.25, 0.3) is 0 Å². The zero-order valence-corrected chi connectivity index (χ0v) is 16.2. The molecule has 3 saturated heterocycles. The van der Waals surface area contributed by atoms with E-state index in [0.717, 1.165) is 63.9 Å². The van der Waals surface area contributed by atoms with Crippen LogP contribution in [0.15, 0.2) is 6.20 Å². The fourth-order valence-electron chi connectivity index (χ4n) is 4.24. The van der Waals surface area contributed by atoms with E-state index in [4.69, 9.17) is 9.47 Å². The van der Waals surface area contributed by atoms with Crippen LogP contribution in [0.5, 0.6) is 0 Å². The maximum absolute atomic E-state index is 10.6. The first-order valence-corrected chi connectivity index (χ1v) is 10.3. The first-order valence-electron chi connectivity index (χ1n) is 9.53. The molecule has 3 aliphatic heterocycles. The van der Waals surface area contributed by atoms with Crippen molar-refractivity contribution in [3.05, 3.63) is 11.1 Å². The minimum atomic E-state index is -1.05. The summed E-state index contributed by atoms with van der Waals surface area (Å²) in [6.07, 6.45) is 3.16. The molecule has 2 N–H and O–H groups in total. The van der Waals surface area contributed by atoms with Crippen LogP contribution in [0.3, 0.4) is 0 Å². The number of hydrogen-bond acceptors (Lipinski definition) is 8. The smallest absolute Gasteiger partial charge is 0.185 e. The van der Waals surface area contributed by atoms with Gasteiger partial charge >= 0.3 is 0 Å². The Bertz CT molecular complexity index is 609. The molecule has 26 heavy (non-hydrogen) atoms. The van der Waals surface area contributed by atoms with Gasteiger partial charge in [-0.3, -0.25) is 4.90 Å². The van der Waals surface area contributed by atoms with Crippen LogP contribution in [0, 0.1) is 0 Å². The Labute approximate surface area is 158 Å². The fourth-order valence-corrected chi connectivity index (χ4v) is 5.25. The molecule has 7 nitrogen and oxygen atoms in total. The number of anilines is 1. The Morgan fingerprint density at radius 3 is 2.65 bits per heavy atom. The third-order valence-electron chi connectivity index (χ3n) is 5.99. The van der Waals surface area contributed by atoms with E-state index in [9.17, 15) is 10.2 Å². The summed E-state index contributed by atoms with van der Waals surface area (Å²) in [5.74, 6) is 0. The summed E-state index contributed by atoms with van der Waals surface area (Å²) >= 11 is 1.76. The van der Waals surface area contributed by atoms with Gasteiger partial charge in [-0.05, 0) is 19.8 Å². The van der Waals surface area contributed by atoms with E-state index >= 15 is 0 Å². The highest BCUT2D eigenvalue weighted by Gasteiger charge is 2.52. The molecule has 146 valence electrons. The van der Waals surface area contributed by atoms with Crippen molar-refractivity contribution in [3.8, 4) is 0 Å². The molecular formula is C18H29N3O4S. The number of hydrogen-bond donors (Lipinski definition) is 2. The van der Waals surface area contributed by atoms with Crippen LogP contribution in [0.2, 0.25) is 0 Å². The van der Waals surface area contributed by atoms with E-state index in [1.165, 1.54) is 4.88 Å². The molecule has 0 bridgehead atoms. The Morgan fingerprint density at radius 2 is 1.92 bits per heavy atom.